The van der Waals surface area contributed by atoms with E-state index in [1.807, 2.05) is 17.6 Å². The van der Waals surface area contributed by atoms with E-state index in [4.69, 9.17) is 0 Å². The van der Waals surface area contributed by atoms with Crippen molar-refractivity contribution in [1.29, 1.82) is 0 Å². The Bertz CT molecular complexity index is 747. The zero-order valence-corrected chi connectivity index (χ0v) is 12.6. The summed E-state index contributed by atoms with van der Waals surface area (Å²) in [4.78, 5) is 8.94. The summed E-state index contributed by atoms with van der Waals surface area (Å²) in [6.45, 7) is 4.23. The zero-order chi connectivity index (χ0) is 14.8. The van der Waals surface area contributed by atoms with Crippen LogP contribution in [0.1, 0.15) is 19.9 Å². The van der Waals surface area contributed by atoms with E-state index in [-0.39, 0.29) is 5.75 Å². The van der Waals surface area contributed by atoms with Crippen molar-refractivity contribution in [3.05, 3.63) is 42.0 Å². The molecule has 0 saturated carbocycles. The second-order valence-electron chi connectivity index (χ2n) is 4.97. The predicted molar refractivity (Wildman–Crippen MR) is 85.1 cm³/mol. The molecule has 3 aromatic rings. The summed E-state index contributed by atoms with van der Waals surface area (Å²) < 4.78 is 2.09. The van der Waals surface area contributed by atoms with E-state index in [0.29, 0.717) is 6.04 Å². The molecule has 0 radical (unpaired) electrons. The molecular weight excluding hydrogens is 284 g/mol. The Morgan fingerprint density at radius 2 is 2.19 bits per heavy atom. The molecule has 0 unspecified atom stereocenters. The lowest BCUT2D eigenvalue weighted by atomic mass is 10.3. The monoisotopic (exact) mass is 300 g/mol. The molecule has 5 nitrogen and oxygen atoms in total. The molecule has 0 bridgehead atoms. The van der Waals surface area contributed by atoms with Crippen molar-refractivity contribution in [2.24, 2.45) is 0 Å². The second kappa shape index (κ2) is 5.57. The summed E-state index contributed by atoms with van der Waals surface area (Å²) in [5.74, 6) is 1.09. The van der Waals surface area contributed by atoms with Gasteiger partial charge in [-0.05, 0) is 26.0 Å². The topological polar surface area (TPSA) is 63.0 Å². The maximum atomic E-state index is 9.47. The first-order valence-electron chi connectivity index (χ1n) is 6.68. The van der Waals surface area contributed by atoms with Gasteiger partial charge in [-0.15, -0.1) is 11.3 Å². The second-order valence-corrected chi connectivity index (χ2v) is 5.82. The fourth-order valence-electron chi connectivity index (χ4n) is 2.07. The number of rotatable bonds is 4. The van der Waals surface area contributed by atoms with Gasteiger partial charge in [-0.3, -0.25) is 0 Å². The Labute approximate surface area is 126 Å². The van der Waals surface area contributed by atoms with Gasteiger partial charge in [-0.2, -0.15) is 0 Å². The highest BCUT2D eigenvalue weighted by Gasteiger charge is 2.12. The van der Waals surface area contributed by atoms with Crippen LogP contribution in [0.15, 0.2) is 42.0 Å². The number of phenols is 1. The quantitative estimate of drug-likeness (QED) is 0.763. The summed E-state index contributed by atoms with van der Waals surface area (Å²) in [5.41, 5.74) is 1.66. The van der Waals surface area contributed by atoms with Gasteiger partial charge in [-0.25, -0.2) is 9.97 Å². The fraction of sp³-hybridized carbons (Fsp3) is 0.200. The van der Waals surface area contributed by atoms with E-state index in [0.717, 1.165) is 22.3 Å². The molecule has 2 heterocycles. The standard InChI is InChI=1S/C15H16N4OS/c1-10(2)19-7-6-16-14(19)13-9-21-15(18-13)17-11-4-3-5-12(20)8-11/h3-10,20H,1-2H3,(H,17,18). The molecule has 2 N–H and O–H groups in total. The number of hydrogen-bond donors (Lipinski definition) is 2. The van der Waals surface area contributed by atoms with Gasteiger partial charge >= 0.3 is 0 Å². The van der Waals surface area contributed by atoms with Gasteiger partial charge in [0.2, 0.25) is 0 Å². The lowest BCUT2D eigenvalue weighted by molar-refractivity contribution is 0.475. The van der Waals surface area contributed by atoms with E-state index in [2.05, 4.69) is 33.7 Å². The largest absolute Gasteiger partial charge is 0.508 e. The molecule has 0 atom stereocenters. The highest BCUT2D eigenvalue weighted by atomic mass is 32.1. The minimum absolute atomic E-state index is 0.229. The summed E-state index contributed by atoms with van der Waals surface area (Å²) in [5, 5.41) is 15.4. The van der Waals surface area contributed by atoms with Crippen molar-refractivity contribution in [2.75, 3.05) is 5.32 Å². The van der Waals surface area contributed by atoms with Crippen LogP contribution < -0.4 is 5.32 Å². The van der Waals surface area contributed by atoms with E-state index < -0.39 is 0 Å². The molecule has 1 aromatic carbocycles. The molecule has 2 aromatic heterocycles. The Morgan fingerprint density at radius 1 is 1.33 bits per heavy atom. The Morgan fingerprint density at radius 3 is 2.95 bits per heavy atom. The van der Waals surface area contributed by atoms with E-state index >= 15 is 0 Å². The Kier molecular flexibility index (Phi) is 3.62. The van der Waals surface area contributed by atoms with Gasteiger partial charge in [0.1, 0.15) is 11.4 Å². The van der Waals surface area contributed by atoms with Crippen molar-refractivity contribution in [3.8, 4) is 17.3 Å². The van der Waals surface area contributed by atoms with E-state index in [1.165, 1.54) is 11.3 Å². The highest BCUT2D eigenvalue weighted by Crippen LogP contribution is 2.28. The first kappa shape index (κ1) is 13.6. The average molecular weight is 300 g/mol. The summed E-state index contributed by atoms with van der Waals surface area (Å²) in [7, 11) is 0. The number of nitrogens with zero attached hydrogens (tertiary/aromatic N) is 3. The third-order valence-electron chi connectivity index (χ3n) is 3.06. The highest BCUT2D eigenvalue weighted by molar-refractivity contribution is 7.14. The Hall–Kier alpha value is -2.34. The van der Waals surface area contributed by atoms with E-state index in [1.54, 1.807) is 24.4 Å². The molecular formula is C15H16N4OS. The summed E-state index contributed by atoms with van der Waals surface area (Å²) in [6, 6.07) is 7.31. The number of nitrogens with one attached hydrogen (secondary N) is 1. The number of hydrogen-bond acceptors (Lipinski definition) is 5. The Balaban J connectivity index is 1.85. The fourth-order valence-corrected chi connectivity index (χ4v) is 2.78. The number of anilines is 2. The lowest BCUT2D eigenvalue weighted by Gasteiger charge is -2.09. The van der Waals surface area contributed by atoms with Crippen molar-refractivity contribution in [3.63, 3.8) is 0 Å². The lowest BCUT2D eigenvalue weighted by Crippen LogP contribution is -2.02. The number of phenolic OH excluding ortho intramolecular Hbond substituents is 1. The molecule has 3 rings (SSSR count). The number of imidazole rings is 1. The molecule has 0 fully saturated rings. The average Bonchev–Trinajstić information content (AvgIpc) is 3.06. The summed E-state index contributed by atoms with van der Waals surface area (Å²) in [6.07, 6.45) is 3.75. The minimum atomic E-state index is 0.229. The van der Waals surface area contributed by atoms with Gasteiger partial charge in [-0.1, -0.05) is 6.07 Å². The normalized spacial score (nSPS) is 11.0. The van der Waals surface area contributed by atoms with E-state index in [9.17, 15) is 5.11 Å². The van der Waals surface area contributed by atoms with Gasteiger partial charge < -0.3 is 15.0 Å². The van der Waals surface area contributed by atoms with Crippen LogP contribution in [-0.4, -0.2) is 19.6 Å². The predicted octanol–water partition coefficient (Wildman–Crippen LogP) is 4.04. The third kappa shape index (κ3) is 2.90. The van der Waals surface area contributed by atoms with Crippen LogP contribution in [0.5, 0.6) is 5.75 Å². The molecule has 21 heavy (non-hydrogen) atoms. The number of benzene rings is 1. The molecule has 0 aliphatic heterocycles. The van der Waals surface area contributed by atoms with Crippen molar-refractivity contribution >= 4 is 22.2 Å². The molecule has 0 saturated heterocycles. The third-order valence-corrected chi connectivity index (χ3v) is 3.81. The first-order valence-corrected chi connectivity index (χ1v) is 7.56. The SMILES string of the molecule is CC(C)n1ccnc1-c1csc(Nc2cccc(O)c2)n1. The molecule has 6 heteroatoms. The number of aromatic nitrogens is 3. The van der Waals surface area contributed by atoms with Crippen LogP contribution >= 0.6 is 11.3 Å². The van der Waals surface area contributed by atoms with Crippen molar-refractivity contribution in [1.82, 2.24) is 14.5 Å². The number of thiazole rings is 1. The molecule has 0 spiro atoms. The molecule has 0 aliphatic carbocycles. The van der Waals surface area contributed by atoms with Crippen LogP contribution in [0.2, 0.25) is 0 Å². The van der Waals surface area contributed by atoms with Crippen LogP contribution in [-0.2, 0) is 0 Å². The zero-order valence-electron chi connectivity index (χ0n) is 11.8. The maximum Gasteiger partial charge on any atom is 0.187 e. The smallest absolute Gasteiger partial charge is 0.187 e. The molecule has 108 valence electrons. The van der Waals surface area contributed by atoms with Gasteiger partial charge in [0.05, 0.1) is 0 Å². The van der Waals surface area contributed by atoms with Crippen LogP contribution in [0.4, 0.5) is 10.8 Å². The van der Waals surface area contributed by atoms with Gasteiger partial charge in [0, 0.05) is 35.6 Å². The van der Waals surface area contributed by atoms with Gasteiger partial charge in [0.15, 0.2) is 11.0 Å². The van der Waals surface area contributed by atoms with Crippen LogP contribution in [0.25, 0.3) is 11.5 Å². The van der Waals surface area contributed by atoms with Crippen molar-refractivity contribution in [2.45, 2.75) is 19.9 Å². The van der Waals surface area contributed by atoms with Crippen LogP contribution in [0.3, 0.4) is 0 Å². The van der Waals surface area contributed by atoms with Gasteiger partial charge in [0.25, 0.3) is 0 Å². The van der Waals surface area contributed by atoms with Crippen molar-refractivity contribution < 1.29 is 5.11 Å². The maximum absolute atomic E-state index is 9.47. The summed E-state index contributed by atoms with van der Waals surface area (Å²) >= 11 is 1.51. The first-order chi connectivity index (χ1) is 10.1. The molecule has 0 amide bonds. The number of aromatic hydroxyl groups is 1. The molecule has 0 aliphatic rings. The van der Waals surface area contributed by atoms with Crippen LogP contribution in [0, 0.1) is 0 Å². The minimum Gasteiger partial charge on any atom is -0.508 e.